The van der Waals surface area contributed by atoms with Gasteiger partial charge in [0.15, 0.2) is 5.13 Å². The summed E-state index contributed by atoms with van der Waals surface area (Å²) >= 11 is 1.55. The van der Waals surface area contributed by atoms with Crippen molar-refractivity contribution in [2.75, 3.05) is 19.0 Å². The molecule has 0 radical (unpaired) electrons. The molecule has 0 spiro atoms. The molecular weight excluding hydrogens is 334 g/mol. The number of nitrogens with zero attached hydrogens (tertiary/aromatic N) is 4. The summed E-state index contributed by atoms with van der Waals surface area (Å²) in [6.07, 6.45) is 3.52. The van der Waals surface area contributed by atoms with Gasteiger partial charge in [-0.1, -0.05) is 0 Å². The number of anilines is 1. The van der Waals surface area contributed by atoms with Crippen LogP contribution in [0.5, 0.6) is 0 Å². The van der Waals surface area contributed by atoms with Crippen molar-refractivity contribution in [3.8, 4) is 5.13 Å². The molecule has 0 aliphatic rings. The molecule has 1 amide bonds. The van der Waals surface area contributed by atoms with Crippen molar-refractivity contribution in [2.45, 2.75) is 20.4 Å². The second-order valence-corrected chi connectivity index (χ2v) is 6.91. The maximum atomic E-state index is 12.6. The lowest BCUT2D eigenvalue weighted by Crippen LogP contribution is -2.23. The highest BCUT2D eigenvalue weighted by Crippen LogP contribution is 2.22. The lowest BCUT2D eigenvalue weighted by atomic mass is 10.2. The van der Waals surface area contributed by atoms with Gasteiger partial charge in [0.05, 0.1) is 5.56 Å². The Bertz CT molecular complexity index is 883. The molecule has 0 bridgehead atoms. The summed E-state index contributed by atoms with van der Waals surface area (Å²) in [6, 6.07) is 5.79. The Morgan fingerprint density at radius 2 is 2.04 bits per heavy atom. The molecule has 0 aliphatic carbocycles. The van der Waals surface area contributed by atoms with Crippen LogP contribution in [0, 0.1) is 13.8 Å². The van der Waals surface area contributed by atoms with Gasteiger partial charge in [-0.25, -0.2) is 9.97 Å². The Balaban J connectivity index is 1.76. The number of carbonyl (C=O) groups is 1. The topological polar surface area (TPSA) is 63.1 Å². The van der Waals surface area contributed by atoms with Gasteiger partial charge in [0.2, 0.25) is 0 Å². The molecule has 130 valence electrons. The van der Waals surface area contributed by atoms with Gasteiger partial charge in [-0.2, -0.15) is 0 Å². The highest BCUT2D eigenvalue weighted by Gasteiger charge is 2.17. The fourth-order valence-electron chi connectivity index (χ4n) is 2.71. The number of aromatic nitrogens is 3. The molecule has 3 aromatic heterocycles. The quantitative estimate of drug-likeness (QED) is 0.764. The summed E-state index contributed by atoms with van der Waals surface area (Å²) in [5.74, 6) is 0.785. The number of hydrogen-bond donors (Lipinski definition) is 1. The van der Waals surface area contributed by atoms with Crippen LogP contribution in [-0.4, -0.2) is 34.5 Å². The normalized spacial score (nSPS) is 10.7. The van der Waals surface area contributed by atoms with Crippen molar-refractivity contribution in [1.29, 1.82) is 0 Å². The first-order valence-electron chi connectivity index (χ1n) is 7.96. The van der Waals surface area contributed by atoms with Gasteiger partial charge < -0.3 is 10.2 Å². The standard InChI is InChI=1S/C18H21N5OS/c1-12-9-15(13(2)23(12)18-20-7-8-25-18)17(24)21-11-14-5-6-19-16(10-14)22(3)4/h5-10H,11H2,1-4H3,(H,21,24). The zero-order chi connectivity index (χ0) is 18.0. The van der Waals surface area contributed by atoms with E-state index in [-0.39, 0.29) is 5.91 Å². The van der Waals surface area contributed by atoms with Crippen molar-refractivity contribution in [1.82, 2.24) is 19.9 Å². The lowest BCUT2D eigenvalue weighted by molar-refractivity contribution is 0.0950. The minimum Gasteiger partial charge on any atom is -0.363 e. The molecule has 25 heavy (non-hydrogen) atoms. The van der Waals surface area contributed by atoms with Crippen LogP contribution in [-0.2, 0) is 6.54 Å². The average molecular weight is 355 g/mol. The molecule has 3 aromatic rings. The van der Waals surface area contributed by atoms with Gasteiger partial charge >= 0.3 is 0 Å². The van der Waals surface area contributed by atoms with E-state index in [0.717, 1.165) is 27.9 Å². The SMILES string of the molecule is Cc1cc(C(=O)NCc2ccnc(N(C)C)c2)c(C)n1-c1nccs1. The van der Waals surface area contributed by atoms with Crippen LogP contribution in [0.15, 0.2) is 36.0 Å². The number of thiazole rings is 1. The fraction of sp³-hybridized carbons (Fsp3) is 0.278. The Morgan fingerprint density at radius 3 is 2.72 bits per heavy atom. The summed E-state index contributed by atoms with van der Waals surface area (Å²) in [6.45, 7) is 4.39. The molecule has 0 unspecified atom stereocenters. The van der Waals surface area contributed by atoms with Crippen LogP contribution in [0.1, 0.15) is 27.3 Å². The fourth-order valence-corrected chi connectivity index (χ4v) is 3.46. The molecular formula is C18H21N5OS. The molecule has 0 aromatic carbocycles. The second-order valence-electron chi connectivity index (χ2n) is 6.03. The van der Waals surface area contributed by atoms with Crippen LogP contribution in [0.4, 0.5) is 5.82 Å². The first-order chi connectivity index (χ1) is 12.0. The Hall–Kier alpha value is -2.67. The third-order valence-electron chi connectivity index (χ3n) is 4.01. The number of amides is 1. The highest BCUT2D eigenvalue weighted by atomic mass is 32.1. The van der Waals surface area contributed by atoms with Gasteiger partial charge in [0, 0.05) is 49.8 Å². The van der Waals surface area contributed by atoms with E-state index >= 15 is 0 Å². The zero-order valence-corrected chi connectivity index (χ0v) is 15.6. The van der Waals surface area contributed by atoms with Gasteiger partial charge in [-0.05, 0) is 37.6 Å². The Labute approximate surface area is 151 Å². The van der Waals surface area contributed by atoms with E-state index in [4.69, 9.17) is 0 Å². The van der Waals surface area contributed by atoms with Crippen molar-refractivity contribution in [3.63, 3.8) is 0 Å². The predicted octanol–water partition coefficient (Wildman–Crippen LogP) is 2.94. The van der Waals surface area contributed by atoms with Crippen LogP contribution in [0.3, 0.4) is 0 Å². The highest BCUT2D eigenvalue weighted by molar-refractivity contribution is 7.12. The van der Waals surface area contributed by atoms with Gasteiger partial charge in [0.25, 0.3) is 5.91 Å². The lowest BCUT2D eigenvalue weighted by Gasteiger charge is -2.12. The molecule has 7 heteroatoms. The van der Waals surface area contributed by atoms with Crippen molar-refractivity contribution in [2.24, 2.45) is 0 Å². The van der Waals surface area contributed by atoms with E-state index in [9.17, 15) is 4.79 Å². The molecule has 0 atom stereocenters. The smallest absolute Gasteiger partial charge is 0.253 e. The summed E-state index contributed by atoms with van der Waals surface area (Å²) in [5, 5.41) is 5.80. The van der Waals surface area contributed by atoms with E-state index < -0.39 is 0 Å². The number of aryl methyl sites for hydroxylation is 1. The Kier molecular flexibility index (Phi) is 4.85. The molecule has 0 saturated carbocycles. The monoisotopic (exact) mass is 355 g/mol. The van der Waals surface area contributed by atoms with Gasteiger partial charge in [0.1, 0.15) is 5.82 Å². The van der Waals surface area contributed by atoms with E-state index in [1.165, 1.54) is 0 Å². The summed E-state index contributed by atoms with van der Waals surface area (Å²) in [4.78, 5) is 23.2. The van der Waals surface area contributed by atoms with E-state index in [0.29, 0.717) is 12.1 Å². The van der Waals surface area contributed by atoms with E-state index in [1.807, 2.05) is 61.0 Å². The first-order valence-corrected chi connectivity index (χ1v) is 8.84. The third-order valence-corrected chi connectivity index (χ3v) is 4.76. The second kappa shape index (κ2) is 7.06. The minimum absolute atomic E-state index is 0.0841. The van der Waals surface area contributed by atoms with Gasteiger partial charge in [-0.3, -0.25) is 9.36 Å². The largest absolute Gasteiger partial charge is 0.363 e. The predicted molar refractivity (Wildman–Crippen MR) is 101 cm³/mol. The molecule has 6 nitrogen and oxygen atoms in total. The summed E-state index contributed by atoms with van der Waals surface area (Å²) < 4.78 is 2.01. The first kappa shape index (κ1) is 17.2. The van der Waals surface area contributed by atoms with Crippen LogP contribution in [0.2, 0.25) is 0 Å². The average Bonchev–Trinajstić information content (AvgIpc) is 3.20. The molecule has 1 N–H and O–H groups in total. The maximum Gasteiger partial charge on any atom is 0.253 e. The number of carbonyl (C=O) groups excluding carboxylic acids is 1. The van der Waals surface area contributed by atoms with Crippen LogP contribution < -0.4 is 10.2 Å². The number of rotatable bonds is 5. The summed E-state index contributed by atoms with van der Waals surface area (Å²) in [7, 11) is 3.89. The van der Waals surface area contributed by atoms with Crippen LogP contribution in [0.25, 0.3) is 5.13 Å². The molecule has 0 aliphatic heterocycles. The number of hydrogen-bond acceptors (Lipinski definition) is 5. The van der Waals surface area contributed by atoms with Gasteiger partial charge in [-0.15, -0.1) is 11.3 Å². The van der Waals surface area contributed by atoms with Crippen molar-refractivity contribution >= 4 is 23.1 Å². The zero-order valence-electron chi connectivity index (χ0n) is 14.8. The summed E-state index contributed by atoms with van der Waals surface area (Å²) in [5.41, 5.74) is 3.58. The molecule has 0 fully saturated rings. The Morgan fingerprint density at radius 1 is 1.24 bits per heavy atom. The third kappa shape index (κ3) is 3.56. The molecule has 3 heterocycles. The van der Waals surface area contributed by atoms with Crippen molar-refractivity contribution in [3.05, 3.63) is 58.5 Å². The van der Waals surface area contributed by atoms with E-state index in [2.05, 4.69) is 15.3 Å². The molecule has 3 rings (SSSR count). The maximum absolute atomic E-state index is 12.6. The van der Waals surface area contributed by atoms with Crippen LogP contribution >= 0.6 is 11.3 Å². The van der Waals surface area contributed by atoms with E-state index in [1.54, 1.807) is 23.7 Å². The number of pyridine rings is 1. The minimum atomic E-state index is -0.0841. The molecule has 0 saturated heterocycles. The number of nitrogens with one attached hydrogen (secondary N) is 1. The van der Waals surface area contributed by atoms with Crippen molar-refractivity contribution < 1.29 is 4.79 Å².